The SMILES string of the molecule is CCc1nccn1CC(=O)N1CCN(C(C)=O)C[C@@H](C(N)=O)C1. The lowest BCUT2D eigenvalue weighted by Gasteiger charge is -2.23. The molecule has 0 spiro atoms. The standard InChI is InChI=1S/C15H23N5O3/c1-3-13-17-4-5-19(13)10-14(22)20-7-6-18(11(2)21)8-12(9-20)15(16)23/h4-5,12H,3,6-10H2,1-2H3,(H2,16,23)/t12-/m1/s1. The van der Waals surface area contributed by atoms with Crippen LogP contribution in [0.2, 0.25) is 0 Å². The van der Waals surface area contributed by atoms with Crippen LogP contribution < -0.4 is 5.73 Å². The van der Waals surface area contributed by atoms with Gasteiger partial charge < -0.3 is 20.1 Å². The van der Waals surface area contributed by atoms with Crippen LogP contribution in [0.25, 0.3) is 0 Å². The molecule has 3 amide bonds. The summed E-state index contributed by atoms with van der Waals surface area (Å²) in [6.07, 6.45) is 4.17. The Morgan fingerprint density at radius 3 is 2.52 bits per heavy atom. The molecule has 1 fully saturated rings. The van der Waals surface area contributed by atoms with Crippen LogP contribution in [0.1, 0.15) is 19.7 Å². The zero-order chi connectivity index (χ0) is 17.0. The molecule has 0 radical (unpaired) electrons. The number of aryl methyl sites for hydroxylation is 1. The molecule has 2 N–H and O–H groups in total. The van der Waals surface area contributed by atoms with Crippen LogP contribution in [0.3, 0.4) is 0 Å². The molecule has 126 valence electrons. The number of nitrogens with zero attached hydrogens (tertiary/aromatic N) is 4. The number of nitrogens with two attached hydrogens (primary N) is 1. The molecule has 1 saturated heterocycles. The molecule has 1 aromatic rings. The average Bonchev–Trinajstić information content (AvgIpc) is 2.81. The highest BCUT2D eigenvalue weighted by Gasteiger charge is 2.29. The average molecular weight is 321 g/mol. The first-order chi connectivity index (χ1) is 10.9. The first-order valence-electron chi connectivity index (χ1n) is 7.75. The number of primary amides is 1. The van der Waals surface area contributed by atoms with E-state index >= 15 is 0 Å². The van der Waals surface area contributed by atoms with Crippen LogP contribution in [-0.4, -0.2) is 63.3 Å². The molecule has 0 unspecified atom stereocenters. The van der Waals surface area contributed by atoms with Gasteiger partial charge in [0.25, 0.3) is 0 Å². The highest BCUT2D eigenvalue weighted by molar-refractivity contribution is 5.81. The summed E-state index contributed by atoms with van der Waals surface area (Å²) in [6.45, 7) is 4.92. The minimum atomic E-state index is -0.543. The largest absolute Gasteiger partial charge is 0.369 e. The molecule has 0 aliphatic carbocycles. The maximum Gasteiger partial charge on any atom is 0.242 e. The van der Waals surface area contributed by atoms with Crippen molar-refractivity contribution in [1.29, 1.82) is 0 Å². The van der Waals surface area contributed by atoms with Crippen LogP contribution >= 0.6 is 0 Å². The molecule has 0 aromatic carbocycles. The van der Waals surface area contributed by atoms with Crippen molar-refractivity contribution in [3.05, 3.63) is 18.2 Å². The van der Waals surface area contributed by atoms with Crippen LogP contribution in [0.5, 0.6) is 0 Å². The minimum absolute atomic E-state index is 0.102. The summed E-state index contributed by atoms with van der Waals surface area (Å²) in [5.74, 6) is -0.417. The number of rotatable bonds is 4. The Kier molecular flexibility index (Phi) is 5.36. The first kappa shape index (κ1) is 17.0. The Bertz CT molecular complexity index is 598. The molecule has 2 rings (SSSR count). The summed E-state index contributed by atoms with van der Waals surface area (Å²) >= 11 is 0. The lowest BCUT2D eigenvalue weighted by molar-refractivity contribution is -0.133. The molecule has 1 atom stereocenters. The van der Waals surface area contributed by atoms with Crippen molar-refractivity contribution in [2.24, 2.45) is 11.7 Å². The third-order valence-corrected chi connectivity index (χ3v) is 4.15. The van der Waals surface area contributed by atoms with Crippen LogP contribution in [0, 0.1) is 5.92 Å². The lowest BCUT2D eigenvalue weighted by atomic mass is 10.1. The van der Waals surface area contributed by atoms with E-state index in [0.717, 1.165) is 12.2 Å². The van der Waals surface area contributed by atoms with Crippen molar-refractivity contribution in [2.75, 3.05) is 26.2 Å². The molecular weight excluding hydrogens is 298 g/mol. The van der Waals surface area contributed by atoms with Crippen molar-refractivity contribution in [3.63, 3.8) is 0 Å². The zero-order valence-corrected chi connectivity index (χ0v) is 13.6. The normalized spacial score (nSPS) is 18.6. The smallest absolute Gasteiger partial charge is 0.242 e. The molecule has 1 aliphatic heterocycles. The molecule has 1 aromatic heterocycles. The molecule has 8 heteroatoms. The van der Waals surface area contributed by atoms with Crippen molar-refractivity contribution in [2.45, 2.75) is 26.8 Å². The fraction of sp³-hybridized carbons (Fsp3) is 0.600. The van der Waals surface area contributed by atoms with Crippen molar-refractivity contribution in [3.8, 4) is 0 Å². The van der Waals surface area contributed by atoms with Crippen LogP contribution in [-0.2, 0) is 27.3 Å². The van der Waals surface area contributed by atoms with Gasteiger partial charge in [0.2, 0.25) is 17.7 Å². The summed E-state index contributed by atoms with van der Waals surface area (Å²) in [7, 11) is 0. The maximum atomic E-state index is 12.6. The summed E-state index contributed by atoms with van der Waals surface area (Å²) in [4.78, 5) is 43.1. The van der Waals surface area contributed by atoms with E-state index in [1.807, 2.05) is 6.92 Å². The predicted octanol–water partition coefficient (Wildman–Crippen LogP) is -0.762. The van der Waals surface area contributed by atoms with Gasteiger partial charge in [-0.15, -0.1) is 0 Å². The van der Waals surface area contributed by atoms with Gasteiger partial charge in [0, 0.05) is 51.9 Å². The number of aromatic nitrogens is 2. The maximum absolute atomic E-state index is 12.6. The number of hydrogen-bond acceptors (Lipinski definition) is 4. The molecule has 8 nitrogen and oxygen atoms in total. The minimum Gasteiger partial charge on any atom is -0.369 e. The second-order valence-electron chi connectivity index (χ2n) is 5.73. The second-order valence-corrected chi connectivity index (χ2v) is 5.73. The summed E-state index contributed by atoms with van der Waals surface area (Å²) in [5.41, 5.74) is 5.41. The van der Waals surface area contributed by atoms with Crippen LogP contribution in [0.15, 0.2) is 12.4 Å². The third-order valence-electron chi connectivity index (χ3n) is 4.15. The predicted molar refractivity (Wildman–Crippen MR) is 83.1 cm³/mol. The van der Waals surface area contributed by atoms with Gasteiger partial charge in [-0.3, -0.25) is 14.4 Å². The van der Waals surface area contributed by atoms with Crippen molar-refractivity contribution in [1.82, 2.24) is 19.4 Å². The van der Waals surface area contributed by atoms with Gasteiger partial charge in [0.05, 0.1) is 5.92 Å². The fourth-order valence-corrected chi connectivity index (χ4v) is 2.75. The Labute approximate surface area is 135 Å². The Hall–Kier alpha value is -2.38. The van der Waals surface area contributed by atoms with E-state index in [1.165, 1.54) is 6.92 Å². The third kappa shape index (κ3) is 4.08. The fourth-order valence-electron chi connectivity index (χ4n) is 2.75. The monoisotopic (exact) mass is 321 g/mol. The van der Waals surface area contributed by atoms with Gasteiger partial charge in [-0.25, -0.2) is 4.98 Å². The van der Waals surface area contributed by atoms with E-state index in [1.54, 1.807) is 26.8 Å². The molecule has 0 saturated carbocycles. The second kappa shape index (κ2) is 7.26. The number of hydrogen-bond donors (Lipinski definition) is 1. The highest BCUT2D eigenvalue weighted by atomic mass is 16.2. The van der Waals surface area contributed by atoms with E-state index < -0.39 is 11.8 Å². The van der Waals surface area contributed by atoms with E-state index in [-0.39, 0.29) is 31.4 Å². The summed E-state index contributed by atoms with van der Waals surface area (Å²) in [5, 5.41) is 0. The van der Waals surface area contributed by atoms with Crippen molar-refractivity contribution >= 4 is 17.7 Å². The first-order valence-corrected chi connectivity index (χ1v) is 7.75. The highest BCUT2D eigenvalue weighted by Crippen LogP contribution is 2.11. The topological polar surface area (TPSA) is 102 Å². The number of carbonyl (C=O) groups is 3. The van der Waals surface area contributed by atoms with E-state index in [9.17, 15) is 14.4 Å². The molecule has 1 aliphatic rings. The van der Waals surface area contributed by atoms with Gasteiger partial charge >= 0.3 is 0 Å². The molecule has 23 heavy (non-hydrogen) atoms. The quantitative estimate of drug-likeness (QED) is 0.787. The van der Waals surface area contributed by atoms with E-state index in [0.29, 0.717) is 13.1 Å². The van der Waals surface area contributed by atoms with Crippen molar-refractivity contribution < 1.29 is 14.4 Å². The van der Waals surface area contributed by atoms with Gasteiger partial charge in [-0.05, 0) is 0 Å². The summed E-state index contributed by atoms with van der Waals surface area (Å²) < 4.78 is 1.80. The number of carbonyl (C=O) groups excluding carboxylic acids is 3. The number of amides is 3. The zero-order valence-electron chi connectivity index (χ0n) is 13.6. The Balaban J connectivity index is 2.09. The van der Waals surface area contributed by atoms with E-state index in [4.69, 9.17) is 5.73 Å². The Morgan fingerprint density at radius 2 is 1.91 bits per heavy atom. The van der Waals surface area contributed by atoms with Gasteiger partial charge in [0.15, 0.2) is 0 Å². The lowest BCUT2D eigenvalue weighted by Crippen LogP contribution is -2.41. The van der Waals surface area contributed by atoms with E-state index in [2.05, 4.69) is 4.98 Å². The van der Waals surface area contributed by atoms with Gasteiger partial charge in [0.1, 0.15) is 12.4 Å². The summed E-state index contributed by atoms with van der Waals surface area (Å²) in [6, 6.07) is 0. The Morgan fingerprint density at radius 1 is 1.26 bits per heavy atom. The molecule has 0 bridgehead atoms. The molecule has 2 heterocycles. The van der Waals surface area contributed by atoms with Gasteiger partial charge in [-0.2, -0.15) is 0 Å². The molecular formula is C15H23N5O3. The van der Waals surface area contributed by atoms with Gasteiger partial charge in [-0.1, -0.05) is 6.92 Å². The number of imidazole rings is 1. The van der Waals surface area contributed by atoms with Crippen LogP contribution in [0.4, 0.5) is 0 Å².